The highest BCUT2D eigenvalue weighted by Gasteiger charge is 2.33. The second-order valence-electron chi connectivity index (χ2n) is 9.91. The summed E-state index contributed by atoms with van der Waals surface area (Å²) < 4.78 is 6.31. The summed E-state index contributed by atoms with van der Waals surface area (Å²) in [6.45, 7) is 3.95. The first kappa shape index (κ1) is 25.6. The summed E-state index contributed by atoms with van der Waals surface area (Å²) in [6, 6.07) is 24.8. The molecule has 0 amide bonds. The summed E-state index contributed by atoms with van der Waals surface area (Å²) >= 11 is 0. The Morgan fingerprint density at radius 1 is 0.634 bits per heavy atom. The van der Waals surface area contributed by atoms with Gasteiger partial charge >= 0.3 is 0 Å². The maximum absolute atomic E-state index is 13.5. The van der Waals surface area contributed by atoms with Gasteiger partial charge < -0.3 is 4.42 Å². The third-order valence-electron chi connectivity index (χ3n) is 7.16. The van der Waals surface area contributed by atoms with E-state index in [1.165, 1.54) is 12.1 Å². The van der Waals surface area contributed by atoms with Gasteiger partial charge in [0, 0.05) is 17.7 Å². The summed E-state index contributed by atoms with van der Waals surface area (Å²) in [5.74, 6) is -0.109. The van der Waals surface area contributed by atoms with Gasteiger partial charge in [0.05, 0.1) is 33.4 Å². The van der Waals surface area contributed by atoms with Crippen molar-refractivity contribution in [1.29, 1.82) is 0 Å². The highest BCUT2D eigenvalue weighted by Crippen LogP contribution is 2.39. The van der Waals surface area contributed by atoms with Crippen molar-refractivity contribution in [2.24, 2.45) is 0 Å². The number of aromatic nitrogens is 4. The zero-order chi connectivity index (χ0) is 28.7. The molecular formula is C31H25N5O5. The van der Waals surface area contributed by atoms with Crippen LogP contribution in [-0.4, -0.2) is 25.3 Å². The summed E-state index contributed by atoms with van der Waals surface area (Å²) in [5, 5.41) is 22.5. The van der Waals surface area contributed by atoms with Crippen LogP contribution in [0.5, 0.6) is 0 Å². The first-order chi connectivity index (χ1) is 19.8. The maximum Gasteiger partial charge on any atom is 0.269 e. The molecule has 0 aliphatic carbocycles. The van der Waals surface area contributed by atoms with Gasteiger partial charge in [0.1, 0.15) is 11.5 Å². The monoisotopic (exact) mass is 547 g/mol. The molecule has 0 radical (unpaired) electrons. The Labute approximate surface area is 232 Å². The fourth-order valence-corrected chi connectivity index (χ4v) is 5.02. The fraction of sp³-hybridized carbons (Fsp3) is 0.0968. The van der Waals surface area contributed by atoms with Crippen LogP contribution in [0.15, 0.2) is 98.9 Å². The van der Waals surface area contributed by atoms with Crippen molar-refractivity contribution in [1.82, 2.24) is 20.4 Å². The Morgan fingerprint density at radius 2 is 1.10 bits per heavy atom. The van der Waals surface area contributed by atoms with Crippen molar-refractivity contribution in [3.8, 4) is 33.8 Å². The molecule has 3 aromatic carbocycles. The molecule has 0 aliphatic rings. The van der Waals surface area contributed by atoms with E-state index in [1.807, 2.05) is 62.4 Å². The van der Waals surface area contributed by atoms with Gasteiger partial charge in [0.15, 0.2) is 0 Å². The minimum absolute atomic E-state index is 0.0402. The van der Waals surface area contributed by atoms with Gasteiger partial charge in [0.25, 0.3) is 16.8 Å². The van der Waals surface area contributed by atoms with E-state index in [-0.39, 0.29) is 5.69 Å². The molecule has 0 unspecified atom stereocenters. The van der Waals surface area contributed by atoms with E-state index in [2.05, 4.69) is 20.4 Å². The van der Waals surface area contributed by atoms with E-state index in [1.54, 1.807) is 24.3 Å². The molecule has 0 fully saturated rings. The lowest BCUT2D eigenvalue weighted by atomic mass is 9.86. The van der Waals surface area contributed by atoms with E-state index >= 15 is 0 Å². The number of nitrogens with one attached hydrogen (secondary N) is 4. The van der Waals surface area contributed by atoms with Gasteiger partial charge in [-0.05, 0) is 49.2 Å². The molecule has 6 rings (SSSR count). The van der Waals surface area contributed by atoms with E-state index in [0.29, 0.717) is 39.6 Å². The number of nitro groups is 1. The molecule has 0 saturated heterocycles. The first-order valence-electron chi connectivity index (χ1n) is 12.9. The zero-order valence-electron chi connectivity index (χ0n) is 22.1. The van der Waals surface area contributed by atoms with Gasteiger partial charge in [-0.2, -0.15) is 0 Å². The molecule has 10 heteroatoms. The maximum atomic E-state index is 13.5. The van der Waals surface area contributed by atoms with Gasteiger partial charge in [-0.3, -0.25) is 40.1 Å². The molecular weight excluding hydrogens is 522 g/mol. The van der Waals surface area contributed by atoms with Crippen molar-refractivity contribution in [2.75, 3.05) is 0 Å². The minimum atomic E-state index is -0.903. The third-order valence-corrected chi connectivity index (χ3v) is 7.16. The largest absolute Gasteiger partial charge is 0.460 e. The molecule has 0 spiro atoms. The van der Waals surface area contributed by atoms with Gasteiger partial charge in [-0.1, -0.05) is 59.7 Å². The third kappa shape index (κ3) is 4.71. The molecule has 0 saturated carbocycles. The Bertz CT molecular complexity index is 1870. The summed E-state index contributed by atoms with van der Waals surface area (Å²) in [7, 11) is 0. The van der Waals surface area contributed by atoms with Crippen LogP contribution in [-0.2, 0) is 0 Å². The number of aromatic amines is 4. The summed E-state index contributed by atoms with van der Waals surface area (Å²) in [5.41, 5.74) is 5.13. The molecule has 3 aromatic heterocycles. The van der Waals surface area contributed by atoms with Crippen LogP contribution in [0.4, 0.5) is 5.69 Å². The van der Waals surface area contributed by atoms with Crippen molar-refractivity contribution in [3.63, 3.8) is 0 Å². The number of nitrogens with zero attached hydrogens (tertiary/aromatic N) is 1. The standard InChI is InChI=1S/C31H25N5O5/c1-17-3-7-20(8-4-17)28-26(30(37)34-32-28)25(27-29(33-35-31(27)38)21-9-5-18(2)6-10-21)24-16-15-23(41-24)19-11-13-22(14-12-19)36(39)40/h3-16,25H,1-2H3,(H2,32,34,37)(H2,33,35,38). The van der Waals surface area contributed by atoms with Crippen LogP contribution in [0.25, 0.3) is 33.8 Å². The van der Waals surface area contributed by atoms with Gasteiger partial charge in [-0.15, -0.1) is 0 Å². The number of rotatable bonds is 7. The lowest BCUT2D eigenvalue weighted by molar-refractivity contribution is -0.384. The van der Waals surface area contributed by atoms with Crippen LogP contribution < -0.4 is 11.1 Å². The molecule has 0 aliphatic heterocycles. The highest BCUT2D eigenvalue weighted by molar-refractivity contribution is 5.71. The summed E-state index contributed by atoms with van der Waals surface area (Å²) in [6.07, 6.45) is 0. The molecule has 204 valence electrons. The lowest BCUT2D eigenvalue weighted by Gasteiger charge is -2.15. The van der Waals surface area contributed by atoms with Crippen molar-refractivity contribution in [3.05, 3.63) is 144 Å². The number of furan rings is 1. The van der Waals surface area contributed by atoms with E-state index < -0.39 is 22.0 Å². The Morgan fingerprint density at radius 3 is 1.56 bits per heavy atom. The minimum Gasteiger partial charge on any atom is -0.460 e. The second-order valence-corrected chi connectivity index (χ2v) is 9.91. The van der Waals surface area contributed by atoms with Gasteiger partial charge in [-0.25, -0.2) is 0 Å². The number of aryl methyl sites for hydroxylation is 2. The number of non-ortho nitro benzene ring substituents is 1. The van der Waals surface area contributed by atoms with Crippen molar-refractivity contribution in [2.45, 2.75) is 19.8 Å². The van der Waals surface area contributed by atoms with E-state index in [0.717, 1.165) is 22.3 Å². The summed E-state index contributed by atoms with van der Waals surface area (Å²) in [4.78, 5) is 37.6. The predicted molar refractivity (Wildman–Crippen MR) is 155 cm³/mol. The number of H-pyrrole nitrogens is 4. The number of hydrogen-bond acceptors (Lipinski definition) is 5. The molecule has 6 aromatic rings. The topological polar surface area (TPSA) is 154 Å². The van der Waals surface area contributed by atoms with Crippen LogP contribution in [0, 0.1) is 24.0 Å². The zero-order valence-corrected chi connectivity index (χ0v) is 22.1. The number of nitro benzene ring substituents is 1. The second kappa shape index (κ2) is 10.2. The van der Waals surface area contributed by atoms with Crippen LogP contribution >= 0.6 is 0 Å². The molecule has 0 bridgehead atoms. The average Bonchev–Trinajstić information content (AvgIpc) is 3.70. The number of benzene rings is 3. The SMILES string of the molecule is Cc1ccc(-c2[nH][nH]c(=O)c2C(c2ccc(-c3ccc([N+](=O)[O-])cc3)o2)c2c(-c3ccc(C)cc3)[nH][nH]c2=O)cc1. The van der Waals surface area contributed by atoms with E-state index in [9.17, 15) is 19.7 Å². The Kier molecular flexibility index (Phi) is 6.35. The van der Waals surface area contributed by atoms with Crippen molar-refractivity contribution >= 4 is 5.69 Å². The average molecular weight is 548 g/mol. The predicted octanol–water partition coefficient (Wildman–Crippen LogP) is 6.02. The molecule has 0 atom stereocenters. The van der Waals surface area contributed by atoms with E-state index in [4.69, 9.17) is 4.42 Å². The van der Waals surface area contributed by atoms with Crippen LogP contribution in [0.2, 0.25) is 0 Å². The molecule has 41 heavy (non-hydrogen) atoms. The lowest BCUT2D eigenvalue weighted by Crippen LogP contribution is -2.19. The van der Waals surface area contributed by atoms with Crippen LogP contribution in [0.1, 0.15) is 33.9 Å². The highest BCUT2D eigenvalue weighted by atomic mass is 16.6. The molecule has 10 nitrogen and oxygen atoms in total. The number of hydrogen-bond donors (Lipinski definition) is 4. The van der Waals surface area contributed by atoms with Gasteiger partial charge in [0.2, 0.25) is 0 Å². The van der Waals surface area contributed by atoms with Crippen molar-refractivity contribution < 1.29 is 9.34 Å². The molecule has 3 heterocycles. The molecule has 4 N–H and O–H groups in total. The Balaban J connectivity index is 1.56. The quantitative estimate of drug-likeness (QED) is 0.142. The first-order valence-corrected chi connectivity index (χ1v) is 12.9. The fourth-order valence-electron chi connectivity index (χ4n) is 5.02. The smallest absolute Gasteiger partial charge is 0.269 e. The normalized spacial score (nSPS) is 11.3. The van der Waals surface area contributed by atoms with Crippen LogP contribution in [0.3, 0.4) is 0 Å². The Hall–Kier alpha value is -5.64.